The van der Waals surface area contributed by atoms with Gasteiger partial charge in [-0.05, 0) is 37.5 Å². The molecule has 6 heteroatoms. The number of amides is 3. The maximum Gasteiger partial charge on any atom is 0.314 e. The van der Waals surface area contributed by atoms with E-state index in [9.17, 15) is 9.59 Å². The molecule has 3 amide bonds. The summed E-state index contributed by atoms with van der Waals surface area (Å²) >= 11 is 0. The van der Waals surface area contributed by atoms with Gasteiger partial charge in [-0.1, -0.05) is 12.1 Å². The minimum absolute atomic E-state index is 0.0452. The van der Waals surface area contributed by atoms with Crippen molar-refractivity contribution >= 4 is 11.9 Å². The lowest BCUT2D eigenvalue weighted by Gasteiger charge is -2.32. The molecule has 2 N–H and O–H groups in total. The summed E-state index contributed by atoms with van der Waals surface area (Å²) in [5, 5.41) is 0. The van der Waals surface area contributed by atoms with Crippen LogP contribution >= 0.6 is 0 Å². The van der Waals surface area contributed by atoms with Crippen LogP contribution in [0.5, 0.6) is 5.75 Å². The molecular formula is C17H25N3O3. The summed E-state index contributed by atoms with van der Waals surface area (Å²) < 4.78 is 5.68. The molecule has 6 nitrogen and oxygen atoms in total. The number of nitrogens with two attached hydrogens (primary N) is 1. The Bertz CT molecular complexity index is 562. The fourth-order valence-corrected chi connectivity index (χ4v) is 2.81. The van der Waals surface area contributed by atoms with Gasteiger partial charge in [-0.25, -0.2) is 4.79 Å². The van der Waals surface area contributed by atoms with Crippen molar-refractivity contribution in [3.8, 4) is 5.75 Å². The van der Waals surface area contributed by atoms with E-state index in [1.807, 2.05) is 31.2 Å². The van der Waals surface area contributed by atoms with Crippen LogP contribution in [0, 0.1) is 12.8 Å². The summed E-state index contributed by atoms with van der Waals surface area (Å²) in [6.45, 7) is 4.02. The van der Waals surface area contributed by atoms with Crippen LogP contribution in [-0.4, -0.2) is 55.0 Å². The lowest BCUT2D eigenvalue weighted by atomic mass is 9.97. The van der Waals surface area contributed by atoms with E-state index < -0.39 is 6.03 Å². The highest BCUT2D eigenvalue weighted by Crippen LogP contribution is 2.18. The van der Waals surface area contributed by atoms with Crippen molar-refractivity contribution in [3.63, 3.8) is 0 Å². The zero-order valence-corrected chi connectivity index (χ0v) is 13.8. The van der Waals surface area contributed by atoms with E-state index >= 15 is 0 Å². The van der Waals surface area contributed by atoms with Crippen LogP contribution in [0.3, 0.4) is 0 Å². The third-order valence-electron chi connectivity index (χ3n) is 4.14. The number of benzene rings is 1. The largest absolute Gasteiger partial charge is 0.492 e. The van der Waals surface area contributed by atoms with Gasteiger partial charge in [0, 0.05) is 20.1 Å². The number of urea groups is 1. The number of carbonyl (C=O) groups excluding carboxylic acids is 2. The molecule has 1 aromatic carbocycles. The number of likely N-dealkylation sites (tertiary alicyclic amines) is 1. The molecule has 1 aliphatic heterocycles. The summed E-state index contributed by atoms with van der Waals surface area (Å²) in [5.74, 6) is 0.687. The number of nitrogens with zero attached hydrogens (tertiary/aromatic N) is 2. The quantitative estimate of drug-likeness (QED) is 0.896. The minimum Gasteiger partial charge on any atom is -0.492 e. The van der Waals surface area contributed by atoms with Gasteiger partial charge in [0.1, 0.15) is 12.4 Å². The van der Waals surface area contributed by atoms with Gasteiger partial charge in [-0.3, -0.25) is 4.79 Å². The van der Waals surface area contributed by atoms with Crippen molar-refractivity contribution in [1.29, 1.82) is 0 Å². The number of aryl methyl sites for hydroxylation is 1. The molecule has 126 valence electrons. The number of primary amides is 1. The van der Waals surface area contributed by atoms with Crippen LogP contribution in [0.1, 0.15) is 18.4 Å². The fraction of sp³-hybridized carbons (Fsp3) is 0.529. The van der Waals surface area contributed by atoms with Gasteiger partial charge < -0.3 is 20.3 Å². The van der Waals surface area contributed by atoms with E-state index in [2.05, 4.69) is 0 Å². The lowest BCUT2D eigenvalue weighted by molar-refractivity contribution is -0.135. The SMILES string of the molecule is Cc1cccc(OCCN(C)C(=O)[C@@H]2CCCN(C(N)=O)C2)c1. The monoisotopic (exact) mass is 319 g/mol. The van der Waals surface area contributed by atoms with Gasteiger partial charge in [-0.15, -0.1) is 0 Å². The third-order valence-corrected chi connectivity index (χ3v) is 4.14. The Morgan fingerprint density at radius 1 is 1.43 bits per heavy atom. The molecule has 0 unspecified atom stereocenters. The average Bonchev–Trinajstić information content (AvgIpc) is 2.54. The lowest BCUT2D eigenvalue weighted by Crippen LogP contribution is -2.48. The van der Waals surface area contributed by atoms with Gasteiger partial charge >= 0.3 is 6.03 Å². The highest BCUT2D eigenvalue weighted by atomic mass is 16.5. The second-order valence-corrected chi connectivity index (χ2v) is 6.05. The number of likely N-dealkylation sites (N-methyl/N-ethyl adjacent to an activating group) is 1. The summed E-state index contributed by atoms with van der Waals surface area (Å²) in [5.41, 5.74) is 6.44. The van der Waals surface area contributed by atoms with Crippen molar-refractivity contribution < 1.29 is 14.3 Å². The zero-order chi connectivity index (χ0) is 16.8. The maximum atomic E-state index is 12.5. The second kappa shape index (κ2) is 7.85. The molecular weight excluding hydrogens is 294 g/mol. The summed E-state index contributed by atoms with van der Waals surface area (Å²) in [6.07, 6.45) is 1.61. The van der Waals surface area contributed by atoms with Crippen molar-refractivity contribution in [3.05, 3.63) is 29.8 Å². The zero-order valence-electron chi connectivity index (χ0n) is 13.8. The number of carbonyl (C=O) groups is 2. The maximum absolute atomic E-state index is 12.5. The summed E-state index contributed by atoms with van der Waals surface area (Å²) in [6, 6.07) is 7.37. The molecule has 1 saturated heterocycles. The molecule has 2 rings (SSSR count). The first kappa shape index (κ1) is 17.1. The molecule has 1 fully saturated rings. The Morgan fingerprint density at radius 3 is 2.91 bits per heavy atom. The molecule has 0 radical (unpaired) electrons. The van der Waals surface area contributed by atoms with E-state index in [0.717, 1.165) is 24.2 Å². The van der Waals surface area contributed by atoms with E-state index in [-0.39, 0.29) is 11.8 Å². The second-order valence-electron chi connectivity index (χ2n) is 6.05. The van der Waals surface area contributed by atoms with E-state index in [1.54, 1.807) is 16.8 Å². The molecule has 0 aliphatic carbocycles. The Hall–Kier alpha value is -2.24. The van der Waals surface area contributed by atoms with Crippen LogP contribution in [0.2, 0.25) is 0 Å². The molecule has 0 bridgehead atoms. The first-order valence-electron chi connectivity index (χ1n) is 7.96. The standard InChI is InChI=1S/C17H25N3O3/c1-13-5-3-7-15(11-13)23-10-9-19(2)16(21)14-6-4-8-20(12-14)17(18)22/h3,5,7,11,14H,4,6,8-10,12H2,1-2H3,(H2,18,22)/t14-/m1/s1. The van der Waals surface area contributed by atoms with Crippen molar-refractivity contribution in [2.45, 2.75) is 19.8 Å². The molecule has 0 saturated carbocycles. The minimum atomic E-state index is -0.451. The molecule has 1 aliphatic rings. The van der Waals surface area contributed by atoms with Crippen LogP contribution in [0.15, 0.2) is 24.3 Å². The van der Waals surface area contributed by atoms with Crippen molar-refractivity contribution in [2.24, 2.45) is 11.7 Å². The Labute approximate surface area is 137 Å². The highest BCUT2D eigenvalue weighted by molar-refractivity contribution is 5.80. The molecule has 1 atom stereocenters. The molecule has 0 aromatic heterocycles. The third kappa shape index (κ3) is 4.87. The number of hydrogen-bond donors (Lipinski definition) is 1. The molecule has 1 aromatic rings. The van der Waals surface area contributed by atoms with Crippen LogP contribution in [0.4, 0.5) is 4.79 Å². The van der Waals surface area contributed by atoms with E-state index in [1.165, 1.54) is 0 Å². The van der Waals surface area contributed by atoms with Gasteiger partial charge in [0.15, 0.2) is 0 Å². The number of hydrogen-bond acceptors (Lipinski definition) is 3. The van der Waals surface area contributed by atoms with Gasteiger partial charge in [0.05, 0.1) is 12.5 Å². The topological polar surface area (TPSA) is 75.9 Å². The van der Waals surface area contributed by atoms with Crippen molar-refractivity contribution in [1.82, 2.24) is 9.80 Å². The van der Waals surface area contributed by atoms with Gasteiger partial charge in [0.25, 0.3) is 0 Å². The Kier molecular flexibility index (Phi) is 5.84. The Balaban J connectivity index is 1.79. The molecule has 0 spiro atoms. The summed E-state index contributed by atoms with van der Waals surface area (Å²) in [4.78, 5) is 26.9. The van der Waals surface area contributed by atoms with E-state index in [4.69, 9.17) is 10.5 Å². The highest BCUT2D eigenvalue weighted by Gasteiger charge is 2.29. The molecule has 23 heavy (non-hydrogen) atoms. The van der Waals surface area contributed by atoms with Crippen molar-refractivity contribution in [2.75, 3.05) is 33.3 Å². The number of piperidine rings is 1. The van der Waals surface area contributed by atoms with Crippen LogP contribution in [-0.2, 0) is 4.79 Å². The first-order valence-corrected chi connectivity index (χ1v) is 7.96. The number of ether oxygens (including phenoxy) is 1. The normalized spacial score (nSPS) is 17.7. The van der Waals surface area contributed by atoms with E-state index in [0.29, 0.717) is 26.2 Å². The average molecular weight is 319 g/mol. The van der Waals surface area contributed by atoms with Gasteiger partial charge in [-0.2, -0.15) is 0 Å². The predicted octanol–water partition coefficient (Wildman–Crippen LogP) is 1.62. The summed E-state index contributed by atoms with van der Waals surface area (Å²) in [7, 11) is 1.77. The smallest absolute Gasteiger partial charge is 0.314 e. The molecule has 1 heterocycles. The Morgan fingerprint density at radius 2 is 2.22 bits per heavy atom. The van der Waals surface area contributed by atoms with Crippen LogP contribution < -0.4 is 10.5 Å². The predicted molar refractivity (Wildman–Crippen MR) is 88.2 cm³/mol. The number of rotatable bonds is 5. The van der Waals surface area contributed by atoms with Gasteiger partial charge in [0.2, 0.25) is 5.91 Å². The fourth-order valence-electron chi connectivity index (χ4n) is 2.81. The van der Waals surface area contributed by atoms with Crippen LogP contribution in [0.25, 0.3) is 0 Å². The first-order chi connectivity index (χ1) is 11.0.